The van der Waals surface area contributed by atoms with Gasteiger partial charge in [-0.2, -0.15) is 5.26 Å². The van der Waals surface area contributed by atoms with E-state index in [0.29, 0.717) is 32.2 Å². The summed E-state index contributed by atoms with van der Waals surface area (Å²) in [5, 5.41) is 9.46. The summed E-state index contributed by atoms with van der Waals surface area (Å²) >= 11 is 0. The number of anilines is 1. The molecule has 3 rings (SSSR count). The van der Waals surface area contributed by atoms with Crippen LogP contribution in [0.3, 0.4) is 0 Å². The zero-order valence-electron chi connectivity index (χ0n) is 15.2. The number of carbonyl (C=O) groups excluding carboxylic acids is 1. The van der Waals surface area contributed by atoms with Crippen LogP contribution in [0.4, 0.5) is 10.1 Å². The molecule has 5 nitrogen and oxygen atoms in total. The second kappa shape index (κ2) is 8.22. The van der Waals surface area contributed by atoms with Crippen LogP contribution in [0, 0.1) is 17.1 Å². The van der Waals surface area contributed by atoms with E-state index in [1.807, 2.05) is 0 Å². The zero-order valence-corrected chi connectivity index (χ0v) is 15.2. The summed E-state index contributed by atoms with van der Waals surface area (Å²) in [5.74, 6) is -0.442. The number of hydrogen-bond donors (Lipinski definition) is 0. The van der Waals surface area contributed by atoms with Crippen molar-refractivity contribution < 1.29 is 9.18 Å². The maximum absolute atomic E-state index is 13.1. The molecule has 0 aromatic heterocycles. The van der Waals surface area contributed by atoms with Gasteiger partial charge < -0.3 is 14.7 Å². The third kappa shape index (κ3) is 4.16. The van der Waals surface area contributed by atoms with Gasteiger partial charge in [-0.25, -0.2) is 4.39 Å². The number of amides is 1. The van der Waals surface area contributed by atoms with Crippen molar-refractivity contribution in [2.24, 2.45) is 0 Å². The monoisotopic (exact) mass is 356 g/mol. The van der Waals surface area contributed by atoms with Crippen LogP contribution in [0.2, 0.25) is 0 Å². The third-order valence-corrected chi connectivity index (χ3v) is 5.26. The van der Waals surface area contributed by atoms with E-state index in [1.165, 1.54) is 18.6 Å². The molecular weight excluding hydrogens is 331 g/mol. The Morgan fingerprint density at radius 3 is 2.46 bits per heavy atom. The van der Waals surface area contributed by atoms with E-state index in [9.17, 15) is 14.4 Å². The lowest BCUT2D eigenvalue weighted by Gasteiger charge is -2.36. The minimum absolute atomic E-state index is 0.191. The minimum atomic E-state index is -0.252. The van der Waals surface area contributed by atoms with Crippen molar-refractivity contribution in [2.45, 2.75) is 32.2 Å². The molecule has 0 radical (unpaired) electrons. The Morgan fingerprint density at radius 1 is 1.15 bits per heavy atom. The highest BCUT2D eigenvalue weighted by Gasteiger charge is 2.25. The maximum Gasteiger partial charge on any atom is 0.266 e. The lowest BCUT2D eigenvalue weighted by Crippen LogP contribution is -2.49. The molecule has 2 aliphatic heterocycles. The molecule has 0 N–H and O–H groups in total. The van der Waals surface area contributed by atoms with Crippen LogP contribution in [-0.2, 0) is 4.79 Å². The fraction of sp³-hybridized carbons (Fsp3) is 0.500. The van der Waals surface area contributed by atoms with Crippen molar-refractivity contribution in [1.29, 1.82) is 5.26 Å². The third-order valence-electron chi connectivity index (χ3n) is 5.26. The van der Waals surface area contributed by atoms with Gasteiger partial charge in [-0.15, -0.1) is 0 Å². The summed E-state index contributed by atoms with van der Waals surface area (Å²) in [5.41, 5.74) is 1.17. The quantitative estimate of drug-likeness (QED) is 0.617. The van der Waals surface area contributed by atoms with Gasteiger partial charge in [0, 0.05) is 50.7 Å². The van der Waals surface area contributed by atoms with Crippen LogP contribution >= 0.6 is 0 Å². The largest absolute Gasteiger partial charge is 0.373 e. The van der Waals surface area contributed by atoms with Gasteiger partial charge in [0.05, 0.1) is 0 Å². The summed E-state index contributed by atoms with van der Waals surface area (Å²) in [6.45, 7) is 5.51. The highest BCUT2D eigenvalue weighted by atomic mass is 19.1. The van der Waals surface area contributed by atoms with E-state index in [0.717, 1.165) is 25.1 Å². The first-order valence-corrected chi connectivity index (χ1v) is 9.26. The smallest absolute Gasteiger partial charge is 0.266 e. The lowest BCUT2D eigenvalue weighted by atomic mass is 10.0. The lowest BCUT2D eigenvalue weighted by molar-refractivity contribution is -0.127. The highest BCUT2D eigenvalue weighted by molar-refractivity contribution is 5.97. The standard InChI is InChI=1S/C20H25FN4O/c1-16-4-2-3-9-25(16)15-17(14-22)20(26)24-12-10-23(11-13-24)19-7-5-18(21)6-8-19/h5-8,15-16H,2-4,9-13H2,1H3/b17-15-. The van der Waals surface area contributed by atoms with Crippen molar-refractivity contribution >= 4 is 11.6 Å². The fourth-order valence-electron chi connectivity index (χ4n) is 3.60. The second-order valence-electron chi connectivity index (χ2n) is 6.99. The highest BCUT2D eigenvalue weighted by Crippen LogP contribution is 2.20. The number of halogens is 1. The Morgan fingerprint density at radius 2 is 1.85 bits per heavy atom. The number of benzene rings is 1. The topological polar surface area (TPSA) is 50.6 Å². The minimum Gasteiger partial charge on any atom is -0.373 e. The number of carbonyl (C=O) groups is 1. The average molecular weight is 356 g/mol. The molecule has 0 spiro atoms. The van der Waals surface area contributed by atoms with Gasteiger partial charge >= 0.3 is 0 Å². The van der Waals surface area contributed by atoms with E-state index in [-0.39, 0.29) is 17.3 Å². The van der Waals surface area contributed by atoms with Gasteiger partial charge in [-0.1, -0.05) is 0 Å². The Kier molecular flexibility index (Phi) is 5.77. The van der Waals surface area contributed by atoms with Gasteiger partial charge in [-0.3, -0.25) is 4.79 Å². The van der Waals surface area contributed by atoms with Gasteiger partial charge in [0.1, 0.15) is 17.5 Å². The van der Waals surface area contributed by atoms with E-state index in [4.69, 9.17) is 0 Å². The first-order chi connectivity index (χ1) is 12.6. The van der Waals surface area contributed by atoms with E-state index in [2.05, 4.69) is 22.8 Å². The molecule has 2 saturated heterocycles. The number of rotatable bonds is 3. The molecular formula is C20H25FN4O. The van der Waals surface area contributed by atoms with Gasteiger partial charge in [0.2, 0.25) is 0 Å². The first kappa shape index (κ1) is 18.2. The molecule has 1 aromatic carbocycles. The van der Waals surface area contributed by atoms with Crippen molar-refractivity contribution in [3.8, 4) is 6.07 Å². The molecule has 1 aromatic rings. The molecule has 0 bridgehead atoms. The van der Waals surface area contributed by atoms with Crippen LogP contribution in [0.15, 0.2) is 36.0 Å². The van der Waals surface area contributed by atoms with Crippen molar-refractivity contribution in [2.75, 3.05) is 37.6 Å². The molecule has 1 unspecified atom stereocenters. The maximum atomic E-state index is 13.1. The van der Waals surface area contributed by atoms with Gasteiger partial charge in [0.15, 0.2) is 0 Å². The summed E-state index contributed by atoms with van der Waals surface area (Å²) in [7, 11) is 0. The molecule has 138 valence electrons. The Bertz CT molecular complexity index is 702. The number of piperazine rings is 1. The van der Waals surface area contributed by atoms with Gasteiger partial charge in [0.25, 0.3) is 5.91 Å². The van der Waals surface area contributed by atoms with Crippen LogP contribution in [0.25, 0.3) is 0 Å². The van der Waals surface area contributed by atoms with Crippen molar-refractivity contribution in [1.82, 2.24) is 9.80 Å². The summed E-state index contributed by atoms with van der Waals surface area (Å²) in [4.78, 5) is 18.7. The summed E-state index contributed by atoms with van der Waals surface area (Å²) in [6, 6.07) is 8.87. The molecule has 1 amide bonds. The number of nitriles is 1. The summed E-state index contributed by atoms with van der Waals surface area (Å²) in [6.07, 6.45) is 5.15. The number of nitrogens with zero attached hydrogens (tertiary/aromatic N) is 4. The van der Waals surface area contributed by atoms with Crippen LogP contribution in [-0.4, -0.2) is 54.5 Å². The van der Waals surface area contributed by atoms with Gasteiger partial charge in [-0.05, 0) is 50.5 Å². The van der Waals surface area contributed by atoms with E-state index >= 15 is 0 Å². The Hall–Kier alpha value is -2.55. The van der Waals surface area contributed by atoms with E-state index in [1.54, 1.807) is 23.2 Å². The molecule has 2 aliphatic rings. The summed E-state index contributed by atoms with van der Waals surface area (Å²) < 4.78 is 13.1. The normalized spacial score (nSPS) is 21.5. The van der Waals surface area contributed by atoms with Crippen LogP contribution < -0.4 is 4.90 Å². The molecule has 1 atom stereocenters. The van der Waals surface area contributed by atoms with Crippen molar-refractivity contribution in [3.63, 3.8) is 0 Å². The fourth-order valence-corrected chi connectivity index (χ4v) is 3.60. The molecule has 6 heteroatoms. The SMILES string of the molecule is CC1CCCCN1/C=C(/C#N)C(=O)N1CCN(c2ccc(F)cc2)CC1. The molecule has 0 aliphatic carbocycles. The molecule has 2 fully saturated rings. The van der Waals surface area contributed by atoms with Crippen molar-refractivity contribution in [3.05, 3.63) is 41.9 Å². The second-order valence-corrected chi connectivity index (χ2v) is 6.99. The number of likely N-dealkylation sites (tertiary alicyclic amines) is 1. The molecule has 2 heterocycles. The predicted molar refractivity (Wildman–Crippen MR) is 98.9 cm³/mol. The van der Waals surface area contributed by atoms with E-state index < -0.39 is 0 Å². The number of piperidine rings is 1. The predicted octanol–water partition coefficient (Wildman–Crippen LogP) is 2.76. The molecule has 0 saturated carbocycles. The van der Waals surface area contributed by atoms with Crippen LogP contribution in [0.5, 0.6) is 0 Å². The first-order valence-electron chi connectivity index (χ1n) is 9.26. The number of hydrogen-bond acceptors (Lipinski definition) is 4. The molecule has 26 heavy (non-hydrogen) atoms. The Labute approximate surface area is 154 Å². The zero-order chi connectivity index (χ0) is 18.5. The average Bonchev–Trinajstić information content (AvgIpc) is 2.68. The van der Waals surface area contributed by atoms with Crippen LogP contribution in [0.1, 0.15) is 26.2 Å². The Balaban J connectivity index is 1.61.